The van der Waals surface area contributed by atoms with E-state index in [0.29, 0.717) is 27.3 Å². The average Bonchev–Trinajstić information content (AvgIpc) is 3.06. The van der Waals surface area contributed by atoms with Crippen molar-refractivity contribution in [2.45, 2.75) is 6.54 Å². The third-order valence-electron chi connectivity index (χ3n) is 3.68. The number of fused-ring (bicyclic) bond motifs is 1. The Labute approximate surface area is 145 Å². The lowest BCUT2D eigenvalue weighted by atomic mass is 10.2. The van der Waals surface area contributed by atoms with Gasteiger partial charge in [0.05, 0.1) is 22.3 Å². The van der Waals surface area contributed by atoms with Crippen LogP contribution in [-0.2, 0) is 6.54 Å². The molecular weight excluding hydrogens is 347 g/mol. The van der Waals surface area contributed by atoms with E-state index >= 15 is 0 Å². The molecule has 0 N–H and O–H groups in total. The molecule has 4 rings (SSSR count). The number of halogens is 2. The summed E-state index contributed by atoms with van der Waals surface area (Å²) in [5.41, 5.74) is 0.615. The van der Waals surface area contributed by atoms with Crippen molar-refractivity contribution in [3.8, 4) is 11.4 Å². The van der Waals surface area contributed by atoms with E-state index < -0.39 is 5.82 Å². The summed E-state index contributed by atoms with van der Waals surface area (Å²) in [7, 11) is 0. The van der Waals surface area contributed by atoms with Crippen molar-refractivity contribution in [1.82, 2.24) is 19.7 Å². The Morgan fingerprint density at radius 1 is 1.20 bits per heavy atom. The van der Waals surface area contributed by atoms with E-state index in [1.807, 2.05) is 6.07 Å². The van der Waals surface area contributed by atoms with Crippen molar-refractivity contribution in [3.05, 3.63) is 75.9 Å². The summed E-state index contributed by atoms with van der Waals surface area (Å²) < 4.78 is 19.7. The van der Waals surface area contributed by atoms with Crippen LogP contribution in [0.3, 0.4) is 0 Å². The molecule has 0 aliphatic carbocycles. The molecule has 6 nitrogen and oxygen atoms in total. The van der Waals surface area contributed by atoms with Crippen LogP contribution in [0, 0.1) is 5.82 Å². The molecule has 0 amide bonds. The van der Waals surface area contributed by atoms with Crippen molar-refractivity contribution in [2.75, 3.05) is 0 Å². The molecule has 25 heavy (non-hydrogen) atoms. The molecule has 0 spiro atoms. The van der Waals surface area contributed by atoms with Gasteiger partial charge in [-0.15, -0.1) is 0 Å². The molecule has 0 aliphatic heterocycles. The maximum atomic E-state index is 13.2. The summed E-state index contributed by atoms with van der Waals surface area (Å²) in [6.45, 7) is 0.0522. The van der Waals surface area contributed by atoms with Gasteiger partial charge < -0.3 is 4.52 Å². The molecule has 0 saturated carbocycles. The summed E-state index contributed by atoms with van der Waals surface area (Å²) >= 11 is 6.11. The second kappa shape index (κ2) is 6.10. The summed E-state index contributed by atoms with van der Waals surface area (Å²) in [6, 6.07) is 10.9. The number of hydrogen-bond acceptors (Lipinski definition) is 5. The van der Waals surface area contributed by atoms with Crippen LogP contribution in [0.1, 0.15) is 5.89 Å². The topological polar surface area (TPSA) is 73.8 Å². The third-order valence-corrected chi connectivity index (χ3v) is 4.01. The van der Waals surface area contributed by atoms with E-state index in [9.17, 15) is 9.18 Å². The van der Waals surface area contributed by atoms with Gasteiger partial charge in [0, 0.05) is 11.6 Å². The SMILES string of the molecule is O=c1c2ccc(F)cc2ncn1Cc1nc(-c2ccccc2Cl)no1. The third kappa shape index (κ3) is 2.89. The molecule has 0 bridgehead atoms. The van der Waals surface area contributed by atoms with E-state index in [-0.39, 0.29) is 18.0 Å². The molecule has 8 heteroatoms. The van der Waals surface area contributed by atoms with Crippen LogP contribution in [0.2, 0.25) is 5.02 Å². The molecule has 2 aromatic heterocycles. The molecule has 2 heterocycles. The highest BCUT2D eigenvalue weighted by molar-refractivity contribution is 6.33. The standard InChI is InChI=1S/C17H10ClFN4O2/c18-13-4-2-1-3-11(13)16-21-15(25-22-16)8-23-9-20-14-7-10(19)5-6-12(14)17(23)24/h1-7,9H,8H2. The van der Waals surface area contributed by atoms with Crippen LogP contribution in [0.5, 0.6) is 0 Å². The first kappa shape index (κ1) is 15.5. The smallest absolute Gasteiger partial charge is 0.261 e. The highest BCUT2D eigenvalue weighted by atomic mass is 35.5. The summed E-state index contributed by atoms with van der Waals surface area (Å²) in [5, 5.41) is 4.71. The minimum absolute atomic E-state index is 0.0522. The fraction of sp³-hybridized carbons (Fsp3) is 0.0588. The molecule has 0 aliphatic rings. The van der Waals surface area contributed by atoms with E-state index in [0.717, 1.165) is 0 Å². The Hall–Kier alpha value is -3.06. The second-order valence-corrected chi connectivity index (χ2v) is 5.74. The van der Waals surface area contributed by atoms with Gasteiger partial charge in [0.2, 0.25) is 11.7 Å². The molecule has 2 aromatic carbocycles. The largest absolute Gasteiger partial charge is 0.337 e. The highest BCUT2D eigenvalue weighted by Gasteiger charge is 2.13. The van der Waals surface area contributed by atoms with Gasteiger partial charge in [0.25, 0.3) is 5.56 Å². The summed E-state index contributed by atoms with van der Waals surface area (Å²) in [5.74, 6) is 0.128. The van der Waals surface area contributed by atoms with E-state index in [4.69, 9.17) is 16.1 Å². The zero-order valence-corrected chi connectivity index (χ0v) is 13.4. The minimum Gasteiger partial charge on any atom is -0.337 e. The van der Waals surface area contributed by atoms with Gasteiger partial charge in [-0.05, 0) is 24.3 Å². The predicted molar refractivity (Wildman–Crippen MR) is 89.8 cm³/mol. The van der Waals surface area contributed by atoms with Crippen molar-refractivity contribution in [2.24, 2.45) is 0 Å². The van der Waals surface area contributed by atoms with Crippen molar-refractivity contribution < 1.29 is 8.91 Å². The average molecular weight is 357 g/mol. The van der Waals surface area contributed by atoms with Crippen molar-refractivity contribution in [1.29, 1.82) is 0 Å². The Bertz CT molecular complexity index is 1140. The van der Waals surface area contributed by atoms with E-state index in [1.165, 1.54) is 29.1 Å². The second-order valence-electron chi connectivity index (χ2n) is 5.33. The number of hydrogen-bond donors (Lipinski definition) is 0. The maximum absolute atomic E-state index is 13.2. The van der Waals surface area contributed by atoms with Crippen molar-refractivity contribution >= 4 is 22.5 Å². The minimum atomic E-state index is -0.446. The van der Waals surface area contributed by atoms with Gasteiger partial charge in [0.1, 0.15) is 12.4 Å². The molecule has 0 unspecified atom stereocenters. The maximum Gasteiger partial charge on any atom is 0.261 e. The Morgan fingerprint density at radius 3 is 2.88 bits per heavy atom. The van der Waals surface area contributed by atoms with Crippen molar-refractivity contribution in [3.63, 3.8) is 0 Å². The quantitative estimate of drug-likeness (QED) is 0.563. The van der Waals surface area contributed by atoms with Gasteiger partial charge in [-0.2, -0.15) is 4.98 Å². The lowest BCUT2D eigenvalue weighted by molar-refractivity contribution is 0.369. The normalized spacial score (nSPS) is 11.1. The van der Waals surface area contributed by atoms with Crippen LogP contribution in [0.4, 0.5) is 4.39 Å². The Balaban J connectivity index is 1.68. The first-order valence-electron chi connectivity index (χ1n) is 7.34. The van der Waals surface area contributed by atoms with Crippen LogP contribution < -0.4 is 5.56 Å². The number of nitrogens with zero attached hydrogens (tertiary/aromatic N) is 4. The van der Waals surface area contributed by atoms with Crippen LogP contribution in [0.15, 0.2) is 58.1 Å². The number of benzene rings is 2. The molecule has 4 aromatic rings. The van der Waals surface area contributed by atoms with Gasteiger partial charge in [0.15, 0.2) is 0 Å². The molecule has 0 radical (unpaired) electrons. The molecule has 0 saturated heterocycles. The predicted octanol–water partition coefficient (Wildman–Crippen LogP) is 3.29. The fourth-order valence-corrected chi connectivity index (χ4v) is 2.68. The highest BCUT2D eigenvalue weighted by Crippen LogP contribution is 2.24. The van der Waals surface area contributed by atoms with Gasteiger partial charge >= 0.3 is 0 Å². The molecule has 0 atom stereocenters. The molecule has 0 fully saturated rings. The molecular formula is C17H10ClFN4O2. The van der Waals surface area contributed by atoms with E-state index in [1.54, 1.807) is 18.2 Å². The lowest BCUT2D eigenvalue weighted by Gasteiger charge is -2.03. The van der Waals surface area contributed by atoms with Crippen LogP contribution in [-0.4, -0.2) is 19.7 Å². The van der Waals surface area contributed by atoms with Gasteiger partial charge in [-0.3, -0.25) is 9.36 Å². The monoisotopic (exact) mass is 356 g/mol. The molecule has 124 valence electrons. The van der Waals surface area contributed by atoms with Crippen LogP contribution >= 0.6 is 11.6 Å². The number of rotatable bonds is 3. The zero-order chi connectivity index (χ0) is 17.4. The first-order valence-corrected chi connectivity index (χ1v) is 7.72. The van der Waals surface area contributed by atoms with Gasteiger partial charge in [-0.1, -0.05) is 28.9 Å². The van der Waals surface area contributed by atoms with E-state index in [2.05, 4.69) is 15.1 Å². The Kier molecular flexibility index (Phi) is 3.77. The Morgan fingerprint density at radius 2 is 2.04 bits per heavy atom. The fourth-order valence-electron chi connectivity index (χ4n) is 2.46. The van der Waals surface area contributed by atoms with Gasteiger partial charge in [-0.25, -0.2) is 9.37 Å². The lowest BCUT2D eigenvalue weighted by Crippen LogP contribution is -2.21. The first-order chi connectivity index (χ1) is 12.1. The summed E-state index contributed by atoms with van der Waals surface area (Å²) in [6.07, 6.45) is 1.32. The summed E-state index contributed by atoms with van der Waals surface area (Å²) in [4.78, 5) is 20.8. The number of aromatic nitrogens is 4. The van der Waals surface area contributed by atoms with Crippen LogP contribution in [0.25, 0.3) is 22.3 Å². The zero-order valence-electron chi connectivity index (χ0n) is 12.7.